The molecule has 0 aromatic heterocycles. The van der Waals surface area contributed by atoms with Gasteiger partial charge in [0.05, 0.1) is 37.3 Å². The molecule has 1 fully saturated rings. The number of guanidine groups is 1. The van der Waals surface area contributed by atoms with Crippen LogP contribution in [0.3, 0.4) is 0 Å². The summed E-state index contributed by atoms with van der Waals surface area (Å²) in [5, 5.41) is 8.72. The fourth-order valence-corrected chi connectivity index (χ4v) is 4.84. The predicted molar refractivity (Wildman–Crippen MR) is 204 cm³/mol. The van der Waals surface area contributed by atoms with Gasteiger partial charge < -0.3 is 43.8 Å². The Morgan fingerprint density at radius 3 is 1.88 bits per heavy atom. The number of benzene rings is 2. The molecule has 0 spiro atoms. The molecular formula is C36H58N9O3P. The monoisotopic (exact) mass is 695 g/mol. The highest BCUT2D eigenvalue weighted by molar-refractivity contribution is 7.40. The first-order chi connectivity index (χ1) is 23.1. The number of nitrogens with two attached hydrogens (primary N) is 4. The normalized spacial score (nSPS) is 14.3. The lowest BCUT2D eigenvalue weighted by molar-refractivity contribution is -0.120. The summed E-state index contributed by atoms with van der Waals surface area (Å²) in [5.41, 5.74) is 25.1. The highest BCUT2D eigenvalue weighted by atomic mass is 31.0. The number of aliphatic imine (C=N–C) groups is 1. The number of likely N-dealkylation sites (tertiary alicyclic amines) is 1. The van der Waals surface area contributed by atoms with Gasteiger partial charge in [0, 0.05) is 24.5 Å². The van der Waals surface area contributed by atoms with Crippen molar-refractivity contribution in [2.45, 2.75) is 64.6 Å². The zero-order valence-corrected chi connectivity index (χ0v) is 30.7. The van der Waals surface area contributed by atoms with Crippen LogP contribution in [0.1, 0.15) is 44.7 Å². The summed E-state index contributed by atoms with van der Waals surface area (Å²) in [6.45, 7) is 17.6. The molecule has 0 saturated carbocycles. The summed E-state index contributed by atoms with van der Waals surface area (Å²) < 4.78 is 0. The van der Waals surface area contributed by atoms with E-state index >= 15 is 0 Å². The Hall–Kier alpha value is -4.25. The minimum atomic E-state index is -0.889. The van der Waals surface area contributed by atoms with E-state index in [1.165, 1.54) is 5.56 Å². The number of hydrogen-bond donors (Lipinski definition) is 7. The van der Waals surface area contributed by atoms with Crippen LogP contribution in [0, 0.1) is 12.8 Å². The van der Waals surface area contributed by atoms with Crippen LogP contribution in [0.4, 0.5) is 0 Å². The number of hydrogen-bond acceptors (Lipinski definition) is 8. The standard InChI is InChI=1S/C25H40N9O3P.C7H8.C4H10/c1-16(19(32-21(35)13-26)12-18-6-4-3-5-7-18)30-15-22(36)33-20(14-31-24(27)28)17(2)34-10-8-25(29,9-11-34)23(37)38;1-7-5-3-2-4-6-7;1-4(2)3/h3-7,19-20,30H,1-2,8-15,26,29,38H2,(H,32,35)(H,33,36)(H4,27,28,31);2-6H,1H3;4H,1-3H3. The van der Waals surface area contributed by atoms with Gasteiger partial charge in [0.1, 0.15) is 0 Å². The van der Waals surface area contributed by atoms with Crippen molar-refractivity contribution in [2.75, 3.05) is 32.7 Å². The minimum absolute atomic E-state index is 0.0872. The second-order valence-corrected chi connectivity index (χ2v) is 13.2. The lowest BCUT2D eigenvalue weighted by Gasteiger charge is -2.41. The molecule has 11 N–H and O–H groups in total. The molecule has 0 bridgehead atoms. The highest BCUT2D eigenvalue weighted by Gasteiger charge is 2.36. The van der Waals surface area contributed by atoms with Crippen LogP contribution in [0.2, 0.25) is 0 Å². The zero-order chi connectivity index (χ0) is 37.0. The Kier molecular flexibility index (Phi) is 19.5. The van der Waals surface area contributed by atoms with Crippen LogP contribution in [-0.2, 0) is 20.8 Å². The van der Waals surface area contributed by atoms with Crippen LogP contribution < -0.4 is 38.9 Å². The van der Waals surface area contributed by atoms with Gasteiger partial charge in [0.2, 0.25) is 11.8 Å². The van der Waals surface area contributed by atoms with Crippen molar-refractivity contribution in [3.8, 4) is 0 Å². The Bertz CT molecular complexity index is 1360. The first kappa shape index (κ1) is 42.8. The summed E-state index contributed by atoms with van der Waals surface area (Å²) in [7, 11) is 2.16. The number of piperidine rings is 1. The zero-order valence-electron chi connectivity index (χ0n) is 29.6. The molecule has 0 aliphatic carbocycles. The van der Waals surface area contributed by atoms with Gasteiger partial charge >= 0.3 is 0 Å². The summed E-state index contributed by atoms with van der Waals surface area (Å²) in [5.74, 6) is 0.0338. The van der Waals surface area contributed by atoms with E-state index in [0.717, 1.165) is 11.5 Å². The maximum Gasteiger partial charge on any atom is 0.239 e. The second-order valence-electron chi connectivity index (χ2n) is 12.7. The van der Waals surface area contributed by atoms with E-state index < -0.39 is 17.6 Å². The van der Waals surface area contributed by atoms with E-state index in [2.05, 4.69) is 83.2 Å². The maximum absolute atomic E-state index is 12.9. The summed E-state index contributed by atoms with van der Waals surface area (Å²) in [6, 6.07) is 18.8. The molecule has 1 heterocycles. The molecule has 2 amide bonds. The molecular weight excluding hydrogens is 637 g/mol. The van der Waals surface area contributed by atoms with E-state index in [0.29, 0.717) is 43.7 Å². The lowest BCUT2D eigenvalue weighted by Crippen LogP contribution is -2.55. The molecule has 49 heavy (non-hydrogen) atoms. The molecule has 2 aromatic carbocycles. The van der Waals surface area contributed by atoms with E-state index in [9.17, 15) is 14.4 Å². The number of nitrogens with zero attached hydrogens (tertiary/aromatic N) is 2. The van der Waals surface area contributed by atoms with E-state index in [4.69, 9.17) is 22.9 Å². The molecule has 3 atom stereocenters. The molecule has 0 radical (unpaired) electrons. The SMILES string of the molecule is C=C(NCC(=O)NC(CN=C(N)N)C(=C)N1CCC(N)(C(=O)P)CC1)C(Cc1ccccc1)NC(=O)CN.CC(C)C.Cc1ccccc1. The molecule has 1 saturated heterocycles. The van der Waals surface area contributed by atoms with Gasteiger partial charge in [-0.25, -0.2) is 0 Å². The average molecular weight is 696 g/mol. The van der Waals surface area contributed by atoms with Crippen molar-refractivity contribution < 1.29 is 14.4 Å². The van der Waals surface area contributed by atoms with Gasteiger partial charge in [-0.15, -0.1) is 0 Å². The molecule has 270 valence electrons. The molecule has 1 aliphatic rings. The first-order valence-corrected chi connectivity index (χ1v) is 17.0. The van der Waals surface area contributed by atoms with Crippen molar-refractivity contribution in [2.24, 2.45) is 33.8 Å². The van der Waals surface area contributed by atoms with Gasteiger partial charge in [-0.3, -0.25) is 19.4 Å². The minimum Gasteiger partial charge on any atom is -0.378 e. The third-order valence-corrected chi connectivity index (χ3v) is 7.96. The average Bonchev–Trinajstić information content (AvgIpc) is 3.06. The van der Waals surface area contributed by atoms with Crippen molar-refractivity contribution in [3.63, 3.8) is 0 Å². The second kappa shape index (κ2) is 22.4. The van der Waals surface area contributed by atoms with Gasteiger partial charge in [-0.2, -0.15) is 0 Å². The fraction of sp³-hybridized carbons (Fsp3) is 0.444. The van der Waals surface area contributed by atoms with Gasteiger partial charge in [0.25, 0.3) is 0 Å². The fourth-order valence-electron chi connectivity index (χ4n) is 4.55. The summed E-state index contributed by atoms with van der Waals surface area (Å²) in [4.78, 5) is 42.7. The Labute approximate surface area is 294 Å². The number of carbonyl (C=O) groups is 3. The van der Waals surface area contributed by atoms with Gasteiger partial charge in [-0.05, 0) is 37.7 Å². The highest BCUT2D eigenvalue weighted by Crippen LogP contribution is 2.26. The maximum atomic E-state index is 12.9. The van der Waals surface area contributed by atoms with E-state index in [1.807, 2.05) is 53.4 Å². The Balaban J connectivity index is 0.000000926. The smallest absolute Gasteiger partial charge is 0.239 e. The van der Waals surface area contributed by atoms with Crippen LogP contribution in [0.5, 0.6) is 0 Å². The molecule has 12 nitrogen and oxygen atoms in total. The lowest BCUT2D eigenvalue weighted by atomic mass is 9.89. The number of carbonyl (C=O) groups excluding carboxylic acids is 3. The Morgan fingerprint density at radius 2 is 1.43 bits per heavy atom. The number of nitrogens with one attached hydrogen (secondary N) is 3. The summed E-state index contributed by atoms with van der Waals surface area (Å²) in [6.07, 6.45) is 1.38. The quantitative estimate of drug-likeness (QED) is 0.0874. The van der Waals surface area contributed by atoms with Crippen LogP contribution in [-0.4, -0.2) is 78.5 Å². The van der Waals surface area contributed by atoms with E-state index in [-0.39, 0.29) is 42.9 Å². The Morgan fingerprint density at radius 1 is 0.918 bits per heavy atom. The van der Waals surface area contributed by atoms with Crippen molar-refractivity contribution in [1.82, 2.24) is 20.9 Å². The number of amides is 2. The summed E-state index contributed by atoms with van der Waals surface area (Å²) >= 11 is 0. The van der Waals surface area contributed by atoms with Crippen molar-refractivity contribution in [1.29, 1.82) is 0 Å². The third-order valence-electron chi connectivity index (χ3n) is 7.39. The third kappa shape index (κ3) is 17.6. The van der Waals surface area contributed by atoms with E-state index in [1.54, 1.807) is 0 Å². The van der Waals surface area contributed by atoms with Crippen LogP contribution in [0.25, 0.3) is 0 Å². The molecule has 3 rings (SSSR count). The molecule has 1 aliphatic heterocycles. The van der Waals surface area contributed by atoms with Gasteiger partial charge in [0.15, 0.2) is 11.5 Å². The van der Waals surface area contributed by atoms with Gasteiger partial charge in [-0.1, -0.05) is 109 Å². The largest absolute Gasteiger partial charge is 0.378 e. The molecule has 2 aromatic rings. The first-order valence-electron chi connectivity index (χ1n) is 16.4. The van der Waals surface area contributed by atoms with Crippen molar-refractivity contribution >= 4 is 32.5 Å². The predicted octanol–water partition coefficient (Wildman–Crippen LogP) is 1.90. The number of rotatable bonds is 14. The van der Waals surface area contributed by atoms with Crippen molar-refractivity contribution in [3.05, 3.63) is 96.3 Å². The molecule has 13 heteroatoms. The van der Waals surface area contributed by atoms with Crippen LogP contribution in [0.15, 0.2) is 90.2 Å². The number of aryl methyl sites for hydroxylation is 1. The van der Waals surface area contributed by atoms with Crippen LogP contribution >= 0.6 is 9.24 Å². The topological polar surface area (TPSA) is 207 Å². The molecule has 3 unspecified atom stereocenters.